The van der Waals surface area contributed by atoms with Crippen LogP contribution in [0.25, 0.3) is 0 Å². The van der Waals surface area contributed by atoms with Gasteiger partial charge < -0.3 is 15.1 Å². The lowest BCUT2D eigenvalue weighted by molar-refractivity contribution is -0.128. The first kappa shape index (κ1) is 11.0. The highest BCUT2D eigenvalue weighted by Crippen LogP contribution is 2.10. The molecule has 0 aromatic carbocycles. The van der Waals surface area contributed by atoms with Gasteiger partial charge in [0.15, 0.2) is 0 Å². The molecule has 1 fully saturated rings. The molecule has 0 aromatic heterocycles. The second-order valence-electron chi connectivity index (χ2n) is 3.55. The number of amides is 1. The molecular weight excluding hydrogens is 182 g/mol. The number of carbonyl (C=O) groups is 1. The number of rotatable bonds is 2. The van der Waals surface area contributed by atoms with Crippen LogP contribution in [0.5, 0.6) is 0 Å². The molecule has 0 aliphatic carbocycles. The first-order chi connectivity index (χ1) is 6.63. The van der Waals surface area contributed by atoms with Gasteiger partial charge in [-0.15, -0.1) is 0 Å². The van der Waals surface area contributed by atoms with Gasteiger partial charge in [-0.2, -0.15) is 0 Å². The van der Waals surface area contributed by atoms with Gasteiger partial charge in [-0.3, -0.25) is 4.79 Å². The van der Waals surface area contributed by atoms with Gasteiger partial charge in [-0.05, 0) is 12.8 Å². The van der Waals surface area contributed by atoms with Crippen LogP contribution in [0, 0.1) is 0 Å². The van der Waals surface area contributed by atoms with Gasteiger partial charge in [-0.1, -0.05) is 6.92 Å². The van der Waals surface area contributed by atoms with Crippen LogP contribution < -0.4 is 0 Å². The molecule has 1 rings (SSSR count). The van der Waals surface area contributed by atoms with Crippen molar-refractivity contribution in [2.75, 3.05) is 13.1 Å². The Balaban J connectivity index is 2.46. The average Bonchev–Trinajstić information content (AvgIpc) is 2.18. The van der Waals surface area contributed by atoms with Gasteiger partial charge in [0.2, 0.25) is 5.91 Å². The second kappa shape index (κ2) is 5.00. The zero-order chi connectivity index (χ0) is 10.6. The molecule has 4 heteroatoms. The molecule has 1 amide bonds. The van der Waals surface area contributed by atoms with Crippen molar-refractivity contribution in [2.24, 2.45) is 0 Å². The third-order valence-corrected chi connectivity index (χ3v) is 2.43. The van der Waals surface area contributed by atoms with Crippen LogP contribution in [0.2, 0.25) is 0 Å². The van der Waals surface area contributed by atoms with Gasteiger partial charge in [0.05, 0.1) is 11.9 Å². The zero-order valence-electron chi connectivity index (χ0n) is 8.44. The summed E-state index contributed by atoms with van der Waals surface area (Å²) < 4.78 is 0. The van der Waals surface area contributed by atoms with E-state index in [1.807, 2.05) is 0 Å². The lowest BCUT2D eigenvalue weighted by Crippen LogP contribution is -2.39. The van der Waals surface area contributed by atoms with Crippen LogP contribution in [0.15, 0.2) is 11.8 Å². The second-order valence-corrected chi connectivity index (χ2v) is 3.55. The Morgan fingerprint density at radius 3 is 2.57 bits per heavy atom. The molecule has 14 heavy (non-hydrogen) atoms. The third kappa shape index (κ3) is 3.03. The molecule has 0 bridgehead atoms. The van der Waals surface area contributed by atoms with E-state index in [0.717, 1.165) is 0 Å². The van der Waals surface area contributed by atoms with Crippen LogP contribution in [-0.4, -0.2) is 40.2 Å². The van der Waals surface area contributed by atoms with Gasteiger partial charge >= 0.3 is 0 Å². The van der Waals surface area contributed by atoms with E-state index in [0.29, 0.717) is 32.4 Å². The summed E-state index contributed by atoms with van der Waals surface area (Å²) in [7, 11) is 0. The molecule has 1 saturated heterocycles. The minimum atomic E-state index is -0.275. The average molecular weight is 199 g/mol. The Labute approximate surface area is 83.8 Å². The summed E-state index contributed by atoms with van der Waals surface area (Å²) in [5.41, 5.74) is 0. The lowest BCUT2D eigenvalue weighted by Gasteiger charge is -2.28. The van der Waals surface area contributed by atoms with Crippen molar-refractivity contribution < 1.29 is 15.0 Å². The van der Waals surface area contributed by atoms with Crippen molar-refractivity contribution in [3.63, 3.8) is 0 Å². The number of piperidine rings is 1. The normalized spacial score (nSPS) is 19.9. The maximum Gasteiger partial charge on any atom is 0.249 e. The summed E-state index contributed by atoms with van der Waals surface area (Å²) in [6.07, 6.45) is 2.72. The largest absolute Gasteiger partial charge is 0.512 e. The van der Waals surface area contributed by atoms with Crippen LogP contribution in [0.1, 0.15) is 26.2 Å². The standard InChI is InChI=1S/C10H17NO3/c1-2-8(12)7-10(14)11-5-3-9(13)4-6-11/h7,9,12-13H,2-6H2,1H3. The van der Waals surface area contributed by atoms with E-state index < -0.39 is 0 Å². The molecule has 2 N–H and O–H groups in total. The number of allylic oxidation sites excluding steroid dienone is 1. The van der Waals surface area contributed by atoms with Crippen LogP contribution in [0.3, 0.4) is 0 Å². The third-order valence-electron chi connectivity index (χ3n) is 2.43. The van der Waals surface area contributed by atoms with E-state index in [9.17, 15) is 15.0 Å². The van der Waals surface area contributed by atoms with Crippen molar-refractivity contribution in [2.45, 2.75) is 32.3 Å². The topological polar surface area (TPSA) is 60.8 Å². The van der Waals surface area contributed by atoms with Crippen LogP contribution in [-0.2, 0) is 4.79 Å². The van der Waals surface area contributed by atoms with Crippen LogP contribution >= 0.6 is 0 Å². The summed E-state index contributed by atoms with van der Waals surface area (Å²) in [6.45, 7) is 2.94. The van der Waals surface area contributed by atoms with Gasteiger partial charge in [0.1, 0.15) is 0 Å². The maximum absolute atomic E-state index is 11.5. The fraction of sp³-hybridized carbons (Fsp3) is 0.700. The predicted molar refractivity (Wildman–Crippen MR) is 52.8 cm³/mol. The fourth-order valence-corrected chi connectivity index (χ4v) is 1.42. The Kier molecular flexibility index (Phi) is 3.95. The quantitative estimate of drug-likeness (QED) is 0.511. The Morgan fingerprint density at radius 2 is 2.07 bits per heavy atom. The van der Waals surface area contributed by atoms with E-state index in [4.69, 9.17) is 0 Å². The summed E-state index contributed by atoms with van der Waals surface area (Å²) in [4.78, 5) is 13.1. The molecular formula is C10H17NO3. The predicted octanol–water partition coefficient (Wildman–Crippen LogP) is 0.822. The summed E-state index contributed by atoms with van der Waals surface area (Å²) in [6, 6.07) is 0. The Bertz CT molecular complexity index is 230. The number of hydrogen-bond acceptors (Lipinski definition) is 3. The highest BCUT2D eigenvalue weighted by molar-refractivity contribution is 5.88. The molecule has 0 spiro atoms. The highest BCUT2D eigenvalue weighted by atomic mass is 16.3. The van der Waals surface area contributed by atoms with E-state index in [1.165, 1.54) is 6.08 Å². The summed E-state index contributed by atoms with van der Waals surface area (Å²) >= 11 is 0. The maximum atomic E-state index is 11.5. The fourth-order valence-electron chi connectivity index (χ4n) is 1.42. The number of aliphatic hydroxyl groups is 2. The van der Waals surface area contributed by atoms with Crippen LogP contribution in [0.4, 0.5) is 0 Å². The molecule has 1 heterocycles. The number of likely N-dealkylation sites (tertiary alicyclic amines) is 1. The summed E-state index contributed by atoms with van der Waals surface area (Å²) in [5.74, 6) is -0.0441. The van der Waals surface area contributed by atoms with Gasteiger partial charge in [-0.25, -0.2) is 0 Å². The van der Waals surface area contributed by atoms with Crippen molar-refractivity contribution in [3.05, 3.63) is 11.8 Å². The highest BCUT2D eigenvalue weighted by Gasteiger charge is 2.19. The SMILES string of the molecule is CCC(O)=CC(=O)N1CCC(O)CC1. The molecule has 80 valence electrons. The van der Waals surface area contributed by atoms with E-state index in [2.05, 4.69) is 0 Å². The molecule has 4 nitrogen and oxygen atoms in total. The van der Waals surface area contributed by atoms with E-state index >= 15 is 0 Å². The smallest absolute Gasteiger partial charge is 0.249 e. The Morgan fingerprint density at radius 1 is 1.50 bits per heavy atom. The molecule has 1 aliphatic heterocycles. The first-order valence-electron chi connectivity index (χ1n) is 5.00. The monoisotopic (exact) mass is 199 g/mol. The molecule has 0 saturated carbocycles. The van der Waals surface area contributed by atoms with Gasteiger partial charge in [0.25, 0.3) is 0 Å². The van der Waals surface area contributed by atoms with Crippen molar-refractivity contribution in [1.82, 2.24) is 4.90 Å². The molecule has 0 radical (unpaired) electrons. The number of carbonyl (C=O) groups excluding carboxylic acids is 1. The van der Waals surface area contributed by atoms with Gasteiger partial charge in [0, 0.05) is 25.6 Å². The van der Waals surface area contributed by atoms with Crippen molar-refractivity contribution in [3.8, 4) is 0 Å². The van der Waals surface area contributed by atoms with E-state index in [-0.39, 0.29) is 17.8 Å². The number of hydrogen-bond donors (Lipinski definition) is 2. The summed E-state index contributed by atoms with van der Waals surface area (Å²) in [5, 5.41) is 18.4. The van der Waals surface area contributed by atoms with Crippen molar-refractivity contribution >= 4 is 5.91 Å². The lowest BCUT2D eigenvalue weighted by atomic mass is 10.1. The molecule has 0 unspecified atom stereocenters. The minimum absolute atomic E-state index is 0.112. The molecule has 0 aromatic rings. The minimum Gasteiger partial charge on any atom is -0.512 e. The number of aliphatic hydroxyl groups excluding tert-OH is 2. The van der Waals surface area contributed by atoms with Crippen molar-refractivity contribution in [1.29, 1.82) is 0 Å². The Hall–Kier alpha value is -1.03. The molecule has 0 atom stereocenters. The number of nitrogens with zero attached hydrogens (tertiary/aromatic N) is 1. The first-order valence-corrected chi connectivity index (χ1v) is 5.00. The van der Waals surface area contributed by atoms with E-state index in [1.54, 1.807) is 11.8 Å². The zero-order valence-corrected chi connectivity index (χ0v) is 8.44. The molecule has 1 aliphatic rings.